The van der Waals surface area contributed by atoms with E-state index in [1.165, 1.54) is 28.2 Å². The molecule has 0 radical (unpaired) electrons. The maximum absolute atomic E-state index is 13.1. The summed E-state index contributed by atoms with van der Waals surface area (Å²) in [6.07, 6.45) is 3.38. The molecule has 1 aromatic carbocycles. The number of rotatable bonds is 9. The van der Waals surface area contributed by atoms with E-state index in [0.29, 0.717) is 28.5 Å². The second kappa shape index (κ2) is 11.6. The van der Waals surface area contributed by atoms with E-state index in [1.54, 1.807) is 32.9 Å². The number of nitro groups is 1. The molecule has 0 saturated heterocycles. The topological polar surface area (TPSA) is 126 Å². The van der Waals surface area contributed by atoms with E-state index in [4.69, 9.17) is 32.7 Å². The number of halogens is 2. The normalized spacial score (nSPS) is 11.4. The molecule has 11 nitrogen and oxygen atoms in total. The monoisotopic (exact) mass is 536 g/mol. The van der Waals surface area contributed by atoms with Crippen LogP contribution in [0.3, 0.4) is 0 Å². The molecule has 0 N–H and O–H groups in total. The van der Waals surface area contributed by atoms with Crippen LogP contribution in [0.15, 0.2) is 36.8 Å². The highest BCUT2D eigenvalue weighted by Crippen LogP contribution is 2.32. The smallest absolute Gasteiger partial charge is 0.414 e. The number of hydrogen-bond donors (Lipinski definition) is 0. The Hall–Kier alpha value is -3.28. The summed E-state index contributed by atoms with van der Waals surface area (Å²) in [4.78, 5) is 32.9. The van der Waals surface area contributed by atoms with Gasteiger partial charge in [-0.3, -0.25) is 19.7 Å². The summed E-state index contributed by atoms with van der Waals surface area (Å²) in [5.41, 5.74) is 1.78. The van der Waals surface area contributed by atoms with Gasteiger partial charge in [0.1, 0.15) is 18.0 Å². The highest BCUT2D eigenvalue weighted by molar-refractivity contribution is 6.33. The molecule has 0 atom stereocenters. The summed E-state index contributed by atoms with van der Waals surface area (Å²) in [5, 5.41) is 15.1. The molecule has 13 heteroatoms. The number of hydrogen-bond acceptors (Lipinski definition) is 8. The predicted octanol–water partition coefficient (Wildman–Crippen LogP) is 5.32. The molecule has 0 saturated carbocycles. The standard InChI is InChI=1S/C23H26Cl2N6O5/c1-15-5-6-16(11-18(15)20-19(24)13-26-21(25)28-20)30(22(32)36-23(2,3)4)8-10-35-9-7-29-14-17(12-27-29)31(33)34/h5-6,11-14H,7-10H2,1-4H3. The molecule has 3 aromatic rings. The third kappa shape index (κ3) is 7.36. The fourth-order valence-electron chi connectivity index (χ4n) is 3.20. The lowest BCUT2D eigenvalue weighted by molar-refractivity contribution is -0.385. The number of carbonyl (C=O) groups is 1. The Labute approximate surface area is 218 Å². The number of aryl methyl sites for hydroxylation is 1. The molecule has 36 heavy (non-hydrogen) atoms. The van der Waals surface area contributed by atoms with E-state index in [9.17, 15) is 14.9 Å². The molecule has 0 aliphatic carbocycles. The van der Waals surface area contributed by atoms with Crippen LogP contribution in [0.1, 0.15) is 26.3 Å². The van der Waals surface area contributed by atoms with Crippen LogP contribution in [0.4, 0.5) is 16.2 Å². The third-order valence-corrected chi connectivity index (χ3v) is 5.33. The molecule has 0 fully saturated rings. The van der Waals surface area contributed by atoms with E-state index in [1.807, 2.05) is 13.0 Å². The molecule has 0 spiro atoms. The van der Waals surface area contributed by atoms with Gasteiger partial charge in [-0.05, 0) is 57.0 Å². The van der Waals surface area contributed by atoms with Crippen LogP contribution in [-0.2, 0) is 16.0 Å². The summed E-state index contributed by atoms with van der Waals surface area (Å²) >= 11 is 12.3. The van der Waals surface area contributed by atoms with Crippen molar-refractivity contribution < 1.29 is 19.2 Å². The molecule has 192 valence electrons. The van der Waals surface area contributed by atoms with E-state index < -0.39 is 16.6 Å². The van der Waals surface area contributed by atoms with Crippen molar-refractivity contribution in [1.82, 2.24) is 19.7 Å². The van der Waals surface area contributed by atoms with Crippen molar-refractivity contribution in [2.75, 3.05) is 24.7 Å². The summed E-state index contributed by atoms with van der Waals surface area (Å²) in [6, 6.07) is 5.43. The Bertz CT molecular complexity index is 1240. The maximum Gasteiger partial charge on any atom is 0.414 e. The summed E-state index contributed by atoms with van der Waals surface area (Å²) in [7, 11) is 0. The van der Waals surface area contributed by atoms with Crippen LogP contribution in [0, 0.1) is 17.0 Å². The molecule has 0 aliphatic rings. The van der Waals surface area contributed by atoms with Gasteiger partial charge in [-0.15, -0.1) is 0 Å². The van der Waals surface area contributed by atoms with Gasteiger partial charge in [0.2, 0.25) is 5.28 Å². The SMILES string of the molecule is Cc1ccc(N(CCOCCn2cc([N+](=O)[O-])cn2)C(=O)OC(C)(C)C)cc1-c1nc(Cl)ncc1Cl. The van der Waals surface area contributed by atoms with Crippen molar-refractivity contribution in [3.05, 3.63) is 62.8 Å². The number of nitrogens with zero attached hydrogens (tertiary/aromatic N) is 6. The van der Waals surface area contributed by atoms with Crippen LogP contribution in [0.5, 0.6) is 0 Å². The number of aromatic nitrogens is 4. The fraction of sp³-hybridized carbons (Fsp3) is 0.391. The fourth-order valence-corrected chi connectivity index (χ4v) is 3.52. The number of anilines is 1. The van der Waals surface area contributed by atoms with Crippen LogP contribution in [-0.4, -0.2) is 56.1 Å². The van der Waals surface area contributed by atoms with Gasteiger partial charge >= 0.3 is 11.8 Å². The lowest BCUT2D eigenvalue weighted by atomic mass is 10.0. The zero-order valence-corrected chi connectivity index (χ0v) is 21.8. The number of carbonyl (C=O) groups excluding carboxylic acids is 1. The highest BCUT2D eigenvalue weighted by atomic mass is 35.5. The van der Waals surface area contributed by atoms with Crippen LogP contribution in [0.2, 0.25) is 10.3 Å². The minimum atomic E-state index is -0.706. The van der Waals surface area contributed by atoms with E-state index in [0.717, 1.165) is 5.56 Å². The predicted molar refractivity (Wildman–Crippen MR) is 136 cm³/mol. The van der Waals surface area contributed by atoms with E-state index in [-0.39, 0.29) is 30.7 Å². The van der Waals surface area contributed by atoms with Gasteiger partial charge in [-0.25, -0.2) is 14.8 Å². The van der Waals surface area contributed by atoms with Gasteiger partial charge < -0.3 is 9.47 Å². The molecular formula is C23H26Cl2N6O5. The van der Waals surface area contributed by atoms with Crippen molar-refractivity contribution in [3.63, 3.8) is 0 Å². The van der Waals surface area contributed by atoms with Crippen molar-refractivity contribution in [3.8, 4) is 11.3 Å². The summed E-state index contributed by atoms with van der Waals surface area (Å²) in [5.74, 6) is 0. The lowest BCUT2D eigenvalue weighted by Crippen LogP contribution is -2.39. The second-order valence-corrected chi connectivity index (χ2v) is 9.54. The largest absolute Gasteiger partial charge is 0.443 e. The van der Waals surface area contributed by atoms with Gasteiger partial charge in [-0.1, -0.05) is 17.7 Å². The Morgan fingerprint density at radius 2 is 1.97 bits per heavy atom. The first kappa shape index (κ1) is 27.3. The number of benzene rings is 1. The second-order valence-electron chi connectivity index (χ2n) is 8.80. The Morgan fingerprint density at radius 1 is 1.22 bits per heavy atom. The molecule has 2 aromatic heterocycles. The van der Waals surface area contributed by atoms with Gasteiger partial charge in [0, 0.05) is 11.3 Å². The first-order valence-corrected chi connectivity index (χ1v) is 11.7. The van der Waals surface area contributed by atoms with Gasteiger partial charge in [0.15, 0.2) is 0 Å². The lowest BCUT2D eigenvalue weighted by Gasteiger charge is -2.28. The molecular weight excluding hydrogens is 511 g/mol. The third-order valence-electron chi connectivity index (χ3n) is 4.87. The van der Waals surface area contributed by atoms with Gasteiger partial charge in [0.05, 0.1) is 48.1 Å². The minimum absolute atomic E-state index is 0.0547. The van der Waals surface area contributed by atoms with Gasteiger partial charge in [0.25, 0.3) is 0 Å². The summed E-state index contributed by atoms with van der Waals surface area (Å²) < 4.78 is 12.7. The van der Waals surface area contributed by atoms with Crippen molar-refractivity contribution in [1.29, 1.82) is 0 Å². The van der Waals surface area contributed by atoms with Crippen molar-refractivity contribution in [2.24, 2.45) is 0 Å². The minimum Gasteiger partial charge on any atom is -0.443 e. The molecule has 1 amide bonds. The average molecular weight is 537 g/mol. The highest BCUT2D eigenvalue weighted by Gasteiger charge is 2.24. The zero-order chi connectivity index (χ0) is 26.5. The summed E-state index contributed by atoms with van der Waals surface area (Å²) in [6.45, 7) is 8.19. The molecule has 0 bridgehead atoms. The maximum atomic E-state index is 13.1. The zero-order valence-electron chi connectivity index (χ0n) is 20.3. The first-order valence-electron chi connectivity index (χ1n) is 11.0. The van der Waals surface area contributed by atoms with Crippen LogP contribution < -0.4 is 4.90 Å². The quantitative estimate of drug-likeness (QED) is 0.155. The van der Waals surface area contributed by atoms with E-state index in [2.05, 4.69) is 15.1 Å². The molecule has 0 aliphatic heterocycles. The Morgan fingerprint density at radius 3 is 2.64 bits per heavy atom. The average Bonchev–Trinajstić information content (AvgIpc) is 3.27. The van der Waals surface area contributed by atoms with Crippen molar-refractivity contribution in [2.45, 2.75) is 39.8 Å². The molecule has 2 heterocycles. The number of amides is 1. The van der Waals surface area contributed by atoms with Gasteiger partial charge in [-0.2, -0.15) is 5.10 Å². The van der Waals surface area contributed by atoms with E-state index >= 15 is 0 Å². The Kier molecular flexibility index (Phi) is 8.83. The van der Waals surface area contributed by atoms with Crippen LogP contribution >= 0.6 is 23.2 Å². The van der Waals surface area contributed by atoms with Crippen LogP contribution in [0.25, 0.3) is 11.3 Å². The van der Waals surface area contributed by atoms with Crippen molar-refractivity contribution >= 4 is 40.7 Å². The molecule has 0 unspecified atom stereocenters. The Balaban J connectivity index is 1.76. The molecule has 3 rings (SSSR count). The number of ether oxygens (including phenoxy) is 2. The first-order chi connectivity index (χ1) is 16.9.